The van der Waals surface area contributed by atoms with Crippen LogP contribution in [0.4, 0.5) is 11.4 Å². The number of para-hydroxylation sites is 2. The molecule has 0 radical (unpaired) electrons. The summed E-state index contributed by atoms with van der Waals surface area (Å²) in [5, 5.41) is 0. The Balaban J connectivity index is 1.52. The maximum Gasteiger partial charge on any atom is 0.207 e. The van der Waals surface area contributed by atoms with Gasteiger partial charge in [0.1, 0.15) is 5.69 Å². The van der Waals surface area contributed by atoms with Crippen molar-refractivity contribution in [3.63, 3.8) is 0 Å². The lowest BCUT2D eigenvalue weighted by Crippen LogP contribution is -3.08. The minimum atomic E-state index is 1.11. The van der Waals surface area contributed by atoms with Crippen LogP contribution in [0.15, 0.2) is 29.3 Å². The highest BCUT2D eigenvalue weighted by Gasteiger charge is 2.27. The van der Waals surface area contributed by atoms with Gasteiger partial charge in [0.15, 0.2) is 5.69 Å². The van der Waals surface area contributed by atoms with Gasteiger partial charge in [0, 0.05) is 12.5 Å². The molecule has 0 aromatic heterocycles. The second kappa shape index (κ2) is 11.4. The molecule has 1 heterocycles. The van der Waals surface area contributed by atoms with E-state index in [1.807, 2.05) is 0 Å². The molecular weight excluding hydrogens is 292 g/mol. The lowest BCUT2D eigenvalue weighted by Gasteiger charge is -2.12. The molecular formula is C22H37N2+. The maximum atomic E-state index is 4.87. The van der Waals surface area contributed by atoms with Gasteiger partial charge in [-0.15, -0.1) is 0 Å². The SMILES string of the molecule is CCCCCCCCCCCCCC1=Nc2ccccc2[NH+]1CC. The monoisotopic (exact) mass is 329 g/mol. The summed E-state index contributed by atoms with van der Waals surface area (Å²) >= 11 is 0. The molecule has 1 aromatic rings. The normalized spacial score (nSPS) is 16.2. The van der Waals surface area contributed by atoms with E-state index in [9.17, 15) is 0 Å². The maximum absolute atomic E-state index is 4.87. The van der Waals surface area contributed by atoms with E-state index < -0.39 is 0 Å². The highest BCUT2D eigenvalue weighted by molar-refractivity contribution is 5.86. The summed E-state index contributed by atoms with van der Waals surface area (Å²) in [6.45, 7) is 5.65. The van der Waals surface area contributed by atoms with Gasteiger partial charge < -0.3 is 0 Å². The van der Waals surface area contributed by atoms with Gasteiger partial charge in [0.25, 0.3) is 0 Å². The van der Waals surface area contributed by atoms with Crippen molar-refractivity contribution in [1.29, 1.82) is 0 Å². The lowest BCUT2D eigenvalue weighted by atomic mass is 10.1. The smallest absolute Gasteiger partial charge is 0.207 e. The van der Waals surface area contributed by atoms with Gasteiger partial charge in [-0.2, -0.15) is 4.99 Å². The standard InChI is InChI=1S/C22H36N2/c1-3-5-6-7-8-9-10-11-12-13-14-19-22-23-20-17-15-16-18-21(20)24(22)4-2/h15-18H,3-14,19H2,1-2H3/p+1. The predicted molar refractivity (Wildman–Crippen MR) is 106 cm³/mol. The molecule has 1 atom stereocenters. The van der Waals surface area contributed by atoms with Gasteiger partial charge in [0.2, 0.25) is 5.84 Å². The van der Waals surface area contributed by atoms with E-state index >= 15 is 0 Å². The molecule has 1 aliphatic rings. The predicted octanol–water partition coefficient (Wildman–Crippen LogP) is 5.97. The average Bonchev–Trinajstić information content (AvgIpc) is 2.97. The molecule has 1 unspecified atom stereocenters. The van der Waals surface area contributed by atoms with Crippen molar-refractivity contribution in [2.45, 2.75) is 90.9 Å². The number of nitrogens with one attached hydrogen (secondary N) is 1. The number of aliphatic imine (C=N–C) groups is 1. The minimum absolute atomic E-state index is 1.11. The fourth-order valence-electron chi connectivity index (χ4n) is 3.75. The molecule has 0 amide bonds. The zero-order valence-electron chi connectivity index (χ0n) is 15.9. The fraction of sp³-hybridized carbons (Fsp3) is 0.682. The summed E-state index contributed by atoms with van der Waals surface area (Å²) in [5.74, 6) is 1.36. The van der Waals surface area contributed by atoms with Crippen LogP contribution < -0.4 is 4.90 Å². The summed E-state index contributed by atoms with van der Waals surface area (Å²) in [7, 11) is 0. The van der Waals surface area contributed by atoms with Crippen LogP contribution in [-0.4, -0.2) is 12.4 Å². The second-order valence-corrected chi connectivity index (χ2v) is 7.19. The van der Waals surface area contributed by atoms with E-state index in [0.29, 0.717) is 0 Å². The van der Waals surface area contributed by atoms with Crippen LogP contribution in [-0.2, 0) is 0 Å². The Bertz CT molecular complexity index is 492. The quantitative estimate of drug-likeness (QED) is 0.430. The molecule has 24 heavy (non-hydrogen) atoms. The third-order valence-electron chi connectivity index (χ3n) is 5.20. The molecule has 1 aromatic carbocycles. The Morgan fingerprint density at radius 2 is 1.33 bits per heavy atom. The summed E-state index contributed by atoms with van der Waals surface area (Å²) in [5.41, 5.74) is 2.56. The molecule has 0 spiro atoms. The van der Waals surface area contributed by atoms with Gasteiger partial charge in [-0.3, -0.25) is 4.90 Å². The highest BCUT2D eigenvalue weighted by Crippen LogP contribution is 2.25. The Kier molecular flexibility index (Phi) is 9.12. The molecule has 1 N–H and O–H groups in total. The summed E-state index contributed by atoms with van der Waals surface area (Å²) < 4.78 is 0. The van der Waals surface area contributed by atoms with Gasteiger partial charge in [-0.05, 0) is 19.4 Å². The number of quaternary nitrogens is 1. The zero-order valence-corrected chi connectivity index (χ0v) is 15.9. The molecule has 1 aliphatic heterocycles. The van der Waals surface area contributed by atoms with Crippen molar-refractivity contribution in [3.8, 4) is 0 Å². The number of benzene rings is 1. The first-order valence-electron chi connectivity index (χ1n) is 10.4. The molecule has 2 nitrogen and oxygen atoms in total. The Hall–Kier alpha value is -1.15. The van der Waals surface area contributed by atoms with Crippen molar-refractivity contribution in [2.24, 2.45) is 4.99 Å². The third kappa shape index (κ3) is 6.05. The molecule has 2 rings (SSSR count). The third-order valence-corrected chi connectivity index (χ3v) is 5.20. The number of rotatable bonds is 13. The van der Waals surface area contributed by atoms with E-state index in [2.05, 4.69) is 38.1 Å². The summed E-state index contributed by atoms with van der Waals surface area (Å²) in [6.07, 6.45) is 16.6. The Morgan fingerprint density at radius 3 is 1.96 bits per heavy atom. The summed E-state index contributed by atoms with van der Waals surface area (Å²) in [4.78, 5) is 6.35. The number of unbranched alkanes of at least 4 members (excludes halogenated alkanes) is 10. The fourth-order valence-corrected chi connectivity index (χ4v) is 3.75. The first-order chi connectivity index (χ1) is 11.9. The van der Waals surface area contributed by atoms with E-state index in [0.717, 1.165) is 13.0 Å². The van der Waals surface area contributed by atoms with Crippen LogP contribution in [0.2, 0.25) is 0 Å². The molecule has 0 saturated heterocycles. The Morgan fingerprint density at radius 1 is 0.750 bits per heavy atom. The topological polar surface area (TPSA) is 16.8 Å². The van der Waals surface area contributed by atoms with Crippen LogP contribution in [0.5, 0.6) is 0 Å². The first-order valence-corrected chi connectivity index (χ1v) is 10.4. The molecule has 0 aliphatic carbocycles. The molecule has 0 fully saturated rings. The lowest BCUT2D eigenvalue weighted by molar-refractivity contribution is -0.727. The van der Waals surface area contributed by atoms with Gasteiger partial charge in [-0.25, -0.2) is 0 Å². The van der Waals surface area contributed by atoms with Crippen LogP contribution in [0, 0.1) is 0 Å². The van der Waals surface area contributed by atoms with E-state index in [4.69, 9.17) is 4.99 Å². The van der Waals surface area contributed by atoms with Crippen LogP contribution in [0.3, 0.4) is 0 Å². The minimum Gasteiger partial charge on any atom is -0.256 e. The van der Waals surface area contributed by atoms with Crippen molar-refractivity contribution in [3.05, 3.63) is 24.3 Å². The van der Waals surface area contributed by atoms with Crippen LogP contribution >= 0.6 is 0 Å². The highest BCUT2D eigenvalue weighted by atomic mass is 15.2. The largest absolute Gasteiger partial charge is 0.256 e. The van der Waals surface area contributed by atoms with Crippen molar-refractivity contribution in [1.82, 2.24) is 0 Å². The average molecular weight is 330 g/mol. The molecule has 0 bridgehead atoms. The Labute approximate surface area is 149 Å². The number of nitrogens with zero attached hydrogens (tertiary/aromatic N) is 1. The van der Waals surface area contributed by atoms with Crippen molar-refractivity contribution >= 4 is 17.2 Å². The van der Waals surface area contributed by atoms with Gasteiger partial charge in [0.05, 0.1) is 6.54 Å². The number of hydrogen-bond acceptors (Lipinski definition) is 1. The van der Waals surface area contributed by atoms with Gasteiger partial charge >= 0.3 is 0 Å². The van der Waals surface area contributed by atoms with Gasteiger partial charge in [-0.1, -0.05) is 83.3 Å². The zero-order chi connectivity index (χ0) is 17.0. The molecule has 134 valence electrons. The number of fused-ring (bicyclic) bond motifs is 1. The number of amidine groups is 1. The first kappa shape index (κ1) is 19.2. The molecule has 2 heteroatoms. The van der Waals surface area contributed by atoms with Crippen LogP contribution in [0.25, 0.3) is 0 Å². The summed E-state index contributed by atoms with van der Waals surface area (Å²) in [6, 6.07) is 8.61. The molecule has 0 saturated carbocycles. The van der Waals surface area contributed by atoms with E-state index in [1.165, 1.54) is 92.7 Å². The second-order valence-electron chi connectivity index (χ2n) is 7.19. The van der Waals surface area contributed by atoms with E-state index in [1.54, 1.807) is 0 Å². The van der Waals surface area contributed by atoms with E-state index in [-0.39, 0.29) is 0 Å². The van der Waals surface area contributed by atoms with Crippen molar-refractivity contribution in [2.75, 3.05) is 6.54 Å². The van der Waals surface area contributed by atoms with Crippen LogP contribution in [0.1, 0.15) is 90.9 Å². The number of hydrogen-bond donors (Lipinski definition) is 1. The van der Waals surface area contributed by atoms with Crippen molar-refractivity contribution < 1.29 is 4.90 Å².